The summed E-state index contributed by atoms with van der Waals surface area (Å²) in [6.07, 6.45) is 0. The molecule has 0 aliphatic heterocycles. The van der Waals surface area contributed by atoms with Crippen LogP contribution in [0.2, 0.25) is 0 Å². The van der Waals surface area contributed by atoms with Crippen LogP contribution in [0.15, 0.2) is 218 Å². The molecule has 4 aromatic heterocycles. The van der Waals surface area contributed by atoms with Gasteiger partial charge in [-0.15, -0.1) is 0 Å². The number of rotatable bonds is 6. The second kappa shape index (κ2) is 14.0. The molecular weight excluding hydrogens is 769 g/mol. The van der Waals surface area contributed by atoms with E-state index in [-0.39, 0.29) is 0 Å². The average Bonchev–Trinajstić information content (AvgIpc) is 4.01. The van der Waals surface area contributed by atoms with Crippen molar-refractivity contribution in [3.63, 3.8) is 0 Å². The van der Waals surface area contributed by atoms with Crippen molar-refractivity contribution < 1.29 is 0 Å². The van der Waals surface area contributed by atoms with E-state index >= 15 is 0 Å². The van der Waals surface area contributed by atoms with Crippen molar-refractivity contribution >= 4 is 65.4 Å². The number of hydrogen-bond donors (Lipinski definition) is 0. The van der Waals surface area contributed by atoms with Crippen LogP contribution in [0.3, 0.4) is 0 Å². The first-order valence-corrected chi connectivity index (χ1v) is 21.3. The Balaban J connectivity index is 1.16. The predicted molar refractivity (Wildman–Crippen MR) is 259 cm³/mol. The molecule has 0 spiro atoms. The number of para-hydroxylation sites is 5. The van der Waals surface area contributed by atoms with Gasteiger partial charge in [-0.3, -0.25) is 0 Å². The summed E-state index contributed by atoms with van der Waals surface area (Å²) in [6, 6.07) is 77.3. The van der Waals surface area contributed by atoms with E-state index in [2.05, 4.69) is 196 Å². The molecule has 0 bridgehead atoms. The zero-order chi connectivity index (χ0) is 41.4. The zero-order valence-electron chi connectivity index (χ0n) is 34.0. The van der Waals surface area contributed by atoms with Gasteiger partial charge >= 0.3 is 0 Å². The van der Waals surface area contributed by atoms with Crippen molar-refractivity contribution in [1.29, 1.82) is 0 Å². The molecule has 0 aliphatic rings. The third-order valence-corrected chi connectivity index (χ3v) is 12.5. The van der Waals surface area contributed by atoms with E-state index in [0.29, 0.717) is 17.5 Å². The summed E-state index contributed by atoms with van der Waals surface area (Å²) >= 11 is 0. The molecule has 0 saturated carbocycles. The Morgan fingerprint density at radius 3 is 1.40 bits per heavy atom. The van der Waals surface area contributed by atoms with Gasteiger partial charge in [-0.1, -0.05) is 164 Å². The Bertz CT molecular complexity index is 3830. The first kappa shape index (κ1) is 35.2. The molecule has 0 atom stereocenters. The van der Waals surface area contributed by atoms with Gasteiger partial charge in [0.15, 0.2) is 17.5 Å². The van der Waals surface area contributed by atoms with Crippen molar-refractivity contribution in [3.8, 4) is 51.2 Å². The fourth-order valence-electron chi connectivity index (χ4n) is 9.85. The van der Waals surface area contributed by atoms with E-state index < -0.39 is 0 Å². The minimum atomic E-state index is 0.628. The van der Waals surface area contributed by atoms with Crippen LogP contribution in [0.4, 0.5) is 0 Å². The Labute approximate surface area is 362 Å². The first-order valence-electron chi connectivity index (χ1n) is 21.3. The summed E-state index contributed by atoms with van der Waals surface area (Å²) in [5.41, 5.74) is 13.0. The van der Waals surface area contributed by atoms with Crippen molar-refractivity contribution in [2.75, 3.05) is 0 Å². The second-order valence-corrected chi connectivity index (χ2v) is 16.0. The summed E-state index contributed by atoms with van der Waals surface area (Å²) in [6.45, 7) is 0. The first-order chi connectivity index (χ1) is 31.3. The lowest BCUT2D eigenvalue weighted by molar-refractivity contribution is 1.08. The van der Waals surface area contributed by atoms with Crippen LogP contribution in [-0.2, 0) is 0 Å². The lowest BCUT2D eigenvalue weighted by Crippen LogP contribution is -2.00. The van der Waals surface area contributed by atoms with Crippen LogP contribution in [0.1, 0.15) is 0 Å². The van der Waals surface area contributed by atoms with Crippen LogP contribution >= 0.6 is 0 Å². The van der Waals surface area contributed by atoms with Crippen LogP contribution in [0.25, 0.3) is 117 Å². The van der Waals surface area contributed by atoms with E-state index in [0.717, 1.165) is 72.1 Å². The number of aromatic nitrogens is 6. The molecule has 13 aromatic rings. The molecule has 0 N–H and O–H groups in total. The monoisotopic (exact) mass is 804 g/mol. The average molecular weight is 805 g/mol. The van der Waals surface area contributed by atoms with Crippen LogP contribution in [-0.4, -0.2) is 28.7 Å². The molecule has 6 heteroatoms. The molecule has 63 heavy (non-hydrogen) atoms. The Morgan fingerprint density at radius 1 is 0.270 bits per heavy atom. The molecule has 0 aliphatic carbocycles. The fourth-order valence-corrected chi connectivity index (χ4v) is 9.85. The van der Waals surface area contributed by atoms with Gasteiger partial charge in [-0.05, 0) is 54.6 Å². The maximum Gasteiger partial charge on any atom is 0.164 e. The third kappa shape index (κ3) is 5.35. The maximum atomic E-state index is 5.24. The molecule has 4 heterocycles. The van der Waals surface area contributed by atoms with E-state index in [4.69, 9.17) is 15.0 Å². The summed E-state index contributed by atoms with van der Waals surface area (Å²) in [5, 5.41) is 7.01. The molecular formula is C57H36N6. The van der Waals surface area contributed by atoms with Gasteiger partial charge in [0.2, 0.25) is 0 Å². The summed E-state index contributed by atoms with van der Waals surface area (Å²) in [5.74, 6) is 1.90. The predicted octanol–water partition coefficient (Wildman–Crippen LogP) is 14.2. The summed E-state index contributed by atoms with van der Waals surface area (Å²) in [4.78, 5) is 15.5. The van der Waals surface area contributed by atoms with Gasteiger partial charge in [0.1, 0.15) is 0 Å². The van der Waals surface area contributed by atoms with Gasteiger partial charge in [0.25, 0.3) is 0 Å². The van der Waals surface area contributed by atoms with Gasteiger partial charge in [-0.25, -0.2) is 15.0 Å². The molecule has 13 rings (SSSR count). The van der Waals surface area contributed by atoms with Gasteiger partial charge in [0.05, 0.1) is 38.8 Å². The fraction of sp³-hybridized carbons (Fsp3) is 0. The summed E-state index contributed by atoms with van der Waals surface area (Å²) in [7, 11) is 0. The number of hydrogen-bond acceptors (Lipinski definition) is 3. The van der Waals surface area contributed by atoms with Crippen molar-refractivity contribution in [3.05, 3.63) is 218 Å². The number of nitrogens with zero attached hydrogens (tertiary/aromatic N) is 6. The minimum Gasteiger partial charge on any atom is -0.309 e. The van der Waals surface area contributed by atoms with Crippen molar-refractivity contribution in [1.82, 2.24) is 28.7 Å². The molecule has 0 saturated heterocycles. The largest absolute Gasteiger partial charge is 0.309 e. The highest BCUT2D eigenvalue weighted by Crippen LogP contribution is 2.46. The highest BCUT2D eigenvalue weighted by Gasteiger charge is 2.25. The van der Waals surface area contributed by atoms with Crippen molar-refractivity contribution in [2.45, 2.75) is 0 Å². The summed E-state index contributed by atoms with van der Waals surface area (Å²) < 4.78 is 7.34. The molecule has 294 valence electrons. The standard InChI is InChI=1S/C57H36N6/c1-5-19-37(20-6-1)55-58-56(38-21-7-2-8-22-38)60-57(59-55)45-30-18-33-48-51(45)44-35-36-49-52(54(44)62(48)40-25-11-4-12-26-40)43-28-14-16-32-47(43)63(49)50-34-17-29-42-41-27-13-15-31-46(41)61(53(42)50)39-23-9-3-10-24-39/h1-36H. The number of fused-ring (bicyclic) bond motifs is 10. The SMILES string of the molecule is c1ccc(-c2nc(-c3ccccc3)nc(-c3cccc4c3c3ccc5c(c6ccccc6n5-c5cccc6c7ccccc7n(-c7ccccc7)c56)c3n4-c3ccccc3)n2)cc1. The van der Waals surface area contributed by atoms with E-state index in [1.165, 1.54) is 27.1 Å². The van der Waals surface area contributed by atoms with Gasteiger partial charge in [0, 0.05) is 60.4 Å². The maximum absolute atomic E-state index is 5.24. The minimum absolute atomic E-state index is 0.628. The van der Waals surface area contributed by atoms with E-state index in [1.54, 1.807) is 0 Å². The smallest absolute Gasteiger partial charge is 0.164 e. The van der Waals surface area contributed by atoms with Crippen LogP contribution in [0, 0.1) is 0 Å². The second-order valence-electron chi connectivity index (χ2n) is 16.0. The Kier molecular flexibility index (Phi) is 7.80. The van der Waals surface area contributed by atoms with Crippen LogP contribution < -0.4 is 0 Å². The van der Waals surface area contributed by atoms with Gasteiger partial charge < -0.3 is 13.7 Å². The van der Waals surface area contributed by atoms with Crippen molar-refractivity contribution in [2.24, 2.45) is 0 Å². The molecule has 0 radical (unpaired) electrons. The lowest BCUT2D eigenvalue weighted by atomic mass is 10.0. The molecule has 6 nitrogen and oxygen atoms in total. The lowest BCUT2D eigenvalue weighted by Gasteiger charge is -2.14. The highest BCUT2D eigenvalue weighted by molar-refractivity contribution is 6.28. The van der Waals surface area contributed by atoms with E-state index in [1.807, 2.05) is 36.4 Å². The molecule has 0 unspecified atom stereocenters. The molecule has 0 amide bonds. The topological polar surface area (TPSA) is 53.5 Å². The van der Waals surface area contributed by atoms with Gasteiger partial charge in [-0.2, -0.15) is 0 Å². The molecule has 9 aromatic carbocycles. The highest BCUT2D eigenvalue weighted by atomic mass is 15.1. The van der Waals surface area contributed by atoms with E-state index in [9.17, 15) is 0 Å². The molecule has 0 fully saturated rings. The quantitative estimate of drug-likeness (QED) is 0.168. The zero-order valence-corrected chi connectivity index (χ0v) is 34.0. The van der Waals surface area contributed by atoms with Crippen LogP contribution in [0.5, 0.6) is 0 Å². The third-order valence-electron chi connectivity index (χ3n) is 12.5. The Hall–Kier alpha value is -8.61. The number of benzene rings is 9. The Morgan fingerprint density at radius 2 is 0.746 bits per heavy atom. The normalized spacial score (nSPS) is 11.8.